The molecule has 1 nitrogen and oxygen atoms in total. The lowest BCUT2D eigenvalue weighted by Crippen LogP contribution is -2.22. The van der Waals surface area contributed by atoms with Crippen LogP contribution in [0.25, 0.3) is 0 Å². The Bertz CT molecular complexity index is 345. The van der Waals surface area contributed by atoms with Gasteiger partial charge in [-0.15, -0.1) is 0 Å². The minimum Gasteiger partial charge on any atom is -0.488 e. The molecule has 1 aromatic rings. The number of benzene rings is 1. The van der Waals surface area contributed by atoms with Crippen LogP contribution in [0.4, 0.5) is 0 Å². The van der Waals surface area contributed by atoms with Gasteiger partial charge in [0.05, 0.1) is 0 Å². The Kier molecular flexibility index (Phi) is 5.25. The molecule has 0 spiro atoms. The highest BCUT2D eigenvalue weighted by Gasteiger charge is 2.13. The minimum atomic E-state index is -0.121. The number of hydrogen-bond acceptors (Lipinski definition) is 1. The van der Waals surface area contributed by atoms with E-state index in [9.17, 15) is 0 Å². The van der Waals surface area contributed by atoms with Gasteiger partial charge in [-0.25, -0.2) is 0 Å². The van der Waals surface area contributed by atoms with E-state index in [1.165, 1.54) is 18.4 Å². The first-order chi connectivity index (χ1) is 8.31. The van der Waals surface area contributed by atoms with Crippen LogP contribution in [0.15, 0.2) is 24.3 Å². The van der Waals surface area contributed by atoms with Crippen molar-refractivity contribution in [2.45, 2.75) is 65.9 Å². The zero-order valence-electron chi connectivity index (χ0n) is 12.8. The zero-order valence-corrected chi connectivity index (χ0v) is 12.8. The molecule has 0 saturated heterocycles. The van der Waals surface area contributed by atoms with Gasteiger partial charge in [0.2, 0.25) is 0 Å². The Hall–Kier alpha value is -0.980. The topological polar surface area (TPSA) is 9.23 Å². The molecule has 0 aliphatic heterocycles. The van der Waals surface area contributed by atoms with Crippen LogP contribution in [-0.4, -0.2) is 5.60 Å². The highest BCUT2D eigenvalue weighted by Crippen LogP contribution is 2.27. The molecular weight excluding hydrogens is 220 g/mol. The molecule has 0 fully saturated rings. The van der Waals surface area contributed by atoms with Crippen molar-refractivity contribution in [2.75, 3.05) is 0 Å². The molecule has 1 rings (SSSR count). The lowest BCUT2D eigenvalue weighted by Gasteiger charge is -2.22. The normalized spacial score (nSPS) is 15.2. The summed E-state index contributed by atoms with van der Waals surface area (Å²) in [4.78, 5) is 0. The second-order valence-corrected chi connectivity index (χ2v) is 6.43. The third kappa shape index (κ3) is 5.12. The number of ether oxygens (including phenoxy) is 1. The van der Waals surface area contributed by atoms with Gasteiger partial charge < -0.3 is 4.74 Å². The summed E-state index contributed by atoms with van der Waals surface area (Å²) < 4.78 is 5.84. The average molecular weight is 248 g/mol. The third-order valence-corrected chi connectivity index (χ3v) is 3.33. The van der Waals surface area contributed by atoms with Crippen molar-refractivity contribution in [3.8, 4) is 5.75 Å². The first kappa shape index (κ1) is 15.1. The van der Waals surface area contributed by atoms with Crippen molar-refractivity contribution in [3.05, 3.63) is 29.8 Å². The van der Waals surface area contributed by atoms with E-state index in [-0.39, 0.29) is 5.60 Å². The number of rotatable bonds is 5. The minimum absolute atomic E-state index is 0.121. The fourth-order valence-corrected chi connectivity index (χ4v) is 2.12. The van der Waals surface area contributed by atoms with E-state index in [0.717, 1.165) is 11.7 Å². The second-order valence-electron chi connectivity index (χ2n) is 6.43. The van der Waals surface area contributed by atoms with Crippen molar-refractivity contribution in [1.29, 1.82) is 0 Å². The van der Waals surface area contributed by atoms with E-state index in [0.29, 0.717) is 5.92 Å². The van der Waals surface area contributed by atoms with E-state index in [1.54, 1.807) is 0 Å². The molecule has 0 N–H and O–H groups in total. The summed E-state index contributed by atoms with van der Waals surface area (Å²) in [7, 11) is 0. The van der Waals surface area contributed by atoms with Crippen LogP contribution >= 0.6 is 0 Å². The molecular formula is C17H28O. The van der Waals surface area contributed by atoms with Gasteiger partial charge in [-0.2, -0.15) is 0 Å². The largest absolute Gasteiger partial charge is 0.488 e. The molecule has 0 amide bonds. The summed E-state index contributed by atoms with van der Waals surface area (Å²) in [5, 5.41) is 0. The van der Waals surface area contributed by atoms with Crippen molar-refractivity contribution < 1.29 is 4.74 Å². The first-order valence-corrected chi connectivity index (χ1v) is 7.10. The standard InChI is InChI=1S/C17H28O/c1-7-13(2)12-14(3)15-8-10-16(11-9-15)18-17(4,5)6/h8-11,13-14H,7,12H2,1-6H3. The van der Waals surface area contributed by atoms with Crippen LogP contribution in [0, 0.1) is 5.92 Å². The Labute approximate surface area is 113 Å². The fraction of sp³-hybridized carbons (Fsp3) is 0.647. The highest BCUT2D eigenvalue weighted by atomic mass is 16.5. The molecule has 0 aliphatic carbocycles. The quantitative estimate of drug-likeness (QED) is 0.677. The highest BCUT2D eigenvalue weighted by molar-refractivity contribution is 5.29. The first-order valence-electron chi connectivity index (χ1n) is 7.10. The Morgan fingerprint density at radius 1 is 1.06 bits per heavy atom. The van der Waals surface area contributed by atoms with Gasteiger partial charge in [-0.1, -0.05) is 39.3 Å². The maximum Gasteiger partial charge on any atom is 0.120 e. The van der Waals surface area contributed by atoms with Crippen LogP contribution in [0.5, 0.6) is 5.75 Å². The maximum absolute atomic E-state index is 5.84. The van der Waals surface area contributed by atoms with Crippen LogP contribution in [0.2, 0.25) is 0 Å². The molecule has 0 aliphatic rings. The lowest BCUT2D eigenvalue weighted by atomic mass is 9.90. The SMILES string of the molecule is CCC(C)CC(C)c1ccc(OC(C)(C)C)cc1. The van der Waals surface area contributed by atoms with Gasteiger partial charge in [0.25, 0.3) is 0 Å². The van der Waals surface area contributed by atoms with E-state index < -0.39 is 0 Å². The number of hydrogen-bond donors (Lipinski definition) is 0. The second kappa shape index (κ2) is 6.26. The van der Waals surface area contributed by atoms with E-state index in [2.05, 4.69) is 65.8 Å². The lowest BCUT2D eigenvalue weighted by molar-refractivity contribution is 0.131. The van der Waals surface area contributed by atoms with E-state index >= 15 is 0 Å². The van der Waals surface area contributed by atoms with Gasteiger partial charge in [-0.05, 0) is 56.7 Å². The summed E-state index contributed by atoms with van der Waals surface area (Å²) in [6.45, 7) is 13.1. The van der Waals surface area contributed by atoms with Crippen molar-refractivity contribution >= 4 is 0 Å². The van der Waals surface area contributed by atoms with Crippen LogP contribution in [0.1, 0.15) is 65.9 Å². The summed E-state index contributed by atoms with van der Waals surface area (Å²) in [6, 6.07) is 8.59. The monoisotopic (exact) mass is 248 g/mol. The smallest absolute Gasteiger partial charge is 0.120 e. The molecule has 1 aromatic carbocycles. The van der Waals surface area contributed by atoms with Crippen LogP contribution in [0.3, 0.4) is 0 Å². The molecule has 18 heavy (non-hydrogen) atoms. The summed E-state index contributed by atoms with van der Waals surface area (Å²) in [5.41, 5.74) is 1.29. The summed E-state index contributed by atoms with van der Waals surface area (Å²) in [5.74, 6) is 2.39. The Morgan fingerprint density at radius 2 is 1.61 bits per heavy atom. The van der Waals surface area contributed by atoms with Gasteiger partial charge in [-0.3, -0.25) is 0 Å². The summed E-state index contributed by atoms with van der Waals surface area (Å²) >= 11 is 0. The third-order valence-electron chi connectivity index (χ3n) is 3.33. The van der Waals surface area contributed by atoms with E-state index in [4.69, 9.17) is 4.74 Å². The Balaban J connectivity index is 2.65. The molecule has 2 atom stereocenters. The zero-order chi connectivity index (χ0) is 13.8. The van der Waals surface area contributed by atoms with Crippen molar-refractivity contribution in [1.82, 2.24) is 0 Å². The van der Waals surface area contributed by atoms with Gasteiger partial charge in [0.15, 0.2) is 0 Å². The molecule has 1 heteroatoms. The Morgan fingerprint density at radius 3 is 2.06 bits per heavy atom. The van der Waals surface area contributed by atoms with Gasteiger partial charge >= 0.3 is 0 Å². The van der Waals surface area contributed by atoms with Gasteiger partial charge in [0.1, 0.15) is 11.4 Å². The van der Waals surface area contributed by atoms with Crippen molar-refractivity contribution in [3.63, 3.8) is 0 Å². The molecule has 0 saturated carbocycles. The average Bonchev–Trinajstić information content (AvgIpc) is 2.27. The molecule has 0 radical (unpaired) electrons. The van der Waals surface area contributed by atoms with E-state index in [1.807, 2.05) is 0 Å². The van der Waals surface area contributed by atoms with Crippen LogP contribution < -0.4 is 4.74 Å². The molecule has 0 heterocycles. The van der Waals surface area contributed by atoms with Crippen LogP contribution in [-0.2, 0) is 0 Å². The van der Waals surface area contributed by atoms with Crippen molar-refractivity contribution in [2.24, 2.45) is 5.92 Å². The molecule has 2 unspecified atom stereocenters. The molecule has 0 bridgehead atoms. The van der Waals surface area contributed by atoms with Gasteiger partial charge in [0, 0.05) is 0 Å². The molecule has 102 valence electrons. The maximum atomic E-state index is 5.84. The fourth-order valence-electron chi connectivity index (χ4n) is 2.12. The summed E-state index contributed by atoms with van der Waals surface area (Å²) in [6.07, 6.45) is 2.52. The predicted molar refractivity (Wildman–Crippen MR) is 79.3 cm³/mol. The molecule has 0 aromatic heterocycles. The predicted octanol–water partition coefficient (Wildman–Crippen LogP) is 5.40.